The number of quaternary nitrogens is 1. The van der Waals surface area contributed by atoms with E-state index in [4.69, 9.17) is 21.3 Å². The number of aromatic nitrogens is 4. The van der Waals surface area contributed by atoms with Crippen LogP contribution < -0.4 is 30.9 Å². The van der Waals surface area contributed by atoms with E-state index >= 15 is 0 Å². The number of ether oxygens (including phenoxy) is 1. The second kappa shape index (κ2) is 8.98. The van der Waals surface area contributed by atoms with Crippen LogP contribution in [0, 0.1) is 0 Å². The van der Waals surface area contributed by atoms with Crippen molar-refractivity contribution in [2.24, 2.45) is 0 Å². The van der Waals surface area contributed by atoms with E-state index in [1.165, 1.54) is 0 Å². The fourth-order valence-electron chi connectivity index (χ4n) is 4.99. The number of hydrogen-bond acceptors (Lipinski definition) is 8. The second-order valence-corrected chi connectivity index (χ2v) is 10.2. The summed E-state index contributed by atoms with van der Waals surface area (Å²) in [5.41, 5.74) is 18.2. The van der Waals surface area contributed by atoms with Crippen molar-refractivity contribution in [1.82, 2.24) is 19.2 Å². The first-order chi connectivity index (χ1) is 17.2. The van der Waals surface area contributed by atoms with Gasteiger partial charge in [-0.1, -0.05) is 0 Å². The van der Waals surface area contributed by atoms with Gasteiger partial charge in [-0.05, 0) is 24.3 Å². The third-order valence-electron chi connectivity index (χ3n) is 7.24. The average Bonchev–Trinajstić information content (AvgIpc) is 3.36. The van der Waals surface area contributed by atoms with Gasteiger partial charge in [0.25, 0.3) is 5.88 Å². The van der Waals surface area contributed by atoms with Crippen molar-refractivity contribution in [2.45, 2.75) is 0 Å². The Morgan fingerprint density at radius 3 is 2.03 bits per heavy atom. The molecular formula is C25H37N10O+. The van der Waals surface area contributed by atoms with Gasteiger partial charge < -0.3 is 35.4 Å². The van der Waals surface area contributed by atoms with Crippen LogP contribution in [0.2, 0.25) is 0 Å². The lowest BCUT2D eigenvalue weighted by Crippen LogP contribution is -2.58. The van der Waals surface area contributed by atoms with Gasteiger partial charge in [-0.3, -0.25) is 0 Å². The van der Waals surface area contributed by atoms with Crippen molar-refractivity contribution in [1.29, 1.82) is 0 Å². The molecule has 4 N–H and O–H groups in total. The Hall–Kier alpha value is -3.86. The summed E-state index contributed by atoms with van der Waals surface area (Å²) >= 11 is 0. The lowest BCUT2D eigenvalue weighted by atomic mass is 10.2. The van der Waals surface area contributed by atoms with Gasteiger partial charge in [0.1, 0.15) is 35.6 Å². The SMILES string of the molecule is CN(C)c1cccn2nc(OCC[N+]3(C)CCN(c4nn5cccc(N(C)C)c5c4N)CC3)c(N)c12. The van der Waals surface area contributed by atoms with Crippen LogP contribution in [0.25, 0.3) is 11.0 Å². The summed E-state index contributed by atoms with van der Waals surface area (Å²) in [6.07, 6.45) is 3.85. The smallest absolute Gasteiger partial charge is 0.257 e. The van der Waals surface area contributed by atoms with E-state index in [0.29, 0.717) is 18.2 Å². The highest BCUT2D eigenvalue weighted by molar-refractivity contribution is 5.91. The molecule has 4 aromatic heterocycles. The van der Waals surface area contributed by atoms with Crippen molar-refractivity contribution in [3.05, 3.63) is 36.7 Å². The maximum Gasteiger partial charge on any atom is 0.257 e. The predicted octanol–water partition coefficient (Wildman–Crippen LogP) is 1.62. The number of likely N-dealkylation sites (N-methyl/N-ethyl adjacent to an activating group) is 1. The molecule has 36 heavy (non-hydrogen) atoms. The number of nitrogens with zero attached hydrogens (tertiary/aromatic N) is 8. The molecule has 0 spiro atoms. The first kappa shape index (κ1) is 23.9. The highest BCUT2D eigenvalue weighted by Crippen LogP contribution is 2.34. The fraction of sp³-hybridized carbons (Fsp3) is 0.440. The molecule has 1 aliphatic heterocycles. The van der Waals surface area contributed by atoms with Crippen LogP contribution in [0.1, 0.15) is 0 Å². The molecule has 0 unspecified atom stereocenters. The molecule has 5 rings (SSSR count). The summed E-state index contributed by atoms with van der Waals surface area (Å²) < 4.78 is 10.7. The largest absolute Gasteiger partial charge is 0.469 e. The van der Waals surface area contributed by atoms with E-state index in [1.54, 1.807) is 4.52 Å². The number of anilines is 5. The van der Waals surface area contributed by atoms with Crippen LogP contribution in [-0.2, 0) is 0 Å². The molecule has 0 bridgehead atoms. The number of rotatable bonds is 7. The Labute approximate surface area is 211 Å². The highest BCUT2D eigenvalue weighted by Gasteiger charge is 2.31. The average molecular weight is 494 g/mol. The molecule has 1 saturated heterocycles. The van der Waals surface area contributed by atoms with Gasteiger partial charge in [0.2, 0.25) is 0 Å². The molecule has 0 saturated carbocycles. The van der Waals surface area contributed by atoms with Gasteiger partial charge in [0.15, 0.2) is 5.82 Å². The van der Waals surface area contributed by atoms with E-state index < -0.39 is 0 Å². The Balaban J connectivity index is 1.24. The maximum absolute atomic E-state index is 6.60. The number of nitrogens with two attached hydrogens (primary N) is 2. The molecule has 11 nitrogen and oxygen atoms in total. The summed E-state index contributed by atoms with van der Waals surface area (Å²) in [6.45, 7) is 5.12. The molecule has 1 aliphatic rings. The minimum absolute atomic E-state index is 0.490. The minimum atomic E-state index is 0.490. The Kier molecular flexibility index (Phi) is 5.95. The van der Waals surface area contributed by atoms with Crippen LogP contribution in [-0.4, -0.2) is 98.3 Å². The summed E-state index contributed by atoms with van der Waals surface area (Å²) in [5.74, 6) is 1.35. The molecule has 11 heteroatoms. The minimum Gasteiger partial charge on any atom is -0.469 e. The molecule has 4 aromatic rings. The van der Waals surface area contributed by atoms with Gasteiger partial charge >= 0.3 is 0 Å². The topological polar surface area (TPSA) is 106 Å². The van der Waals surface area contributed by atoms with Crippen LogP contribution in [0.5, 0.6) is 5.88 Å². The summed E-state index contributed by atoms with van der Waals surface area (Å²) in [4.78, 5) is 6.39. The van der Waals surface area contributed by atoms with Gasteiger partial charge in [0, 0.05) is 40.6 Å². The van der Waals surface area contributed by atoms with Gasteiger partial charge in [0.05, 0.1) is 44.6 Å². The van der Waals surface area contributed by atoms with E-state index in [0.717, 1.165) is 71.1 Å². The Bertz CT molecular complexity index is 1380. The zero-order valence-electron chi connectivity index (χ0n) is 21.8. The summed E-state index contributed by atoms with van der Waals surface area (Å²) in [6, 6.07) is 8.06. The third kappa shape index (κ3) is 4.09. The summed E-state index contributed by atoms with van der Waals surface area (Å²) in [7, 11) is 10.3. The monoisotopic (exact) mass is 493 g/mol. The molecular weight excluding hydrogens is 456 g/mol. The quantitative estimate of drug-likeness (QED) is 0.374. The molecule has 5 heterocycles. The number of pyridine rings is 2. The first-order valence-corrected chi connectivity index (χ1v) is 12.3. The number of nitrogen functional groups attached to an aromatic ring is 2. The standard InChI is InChI=1S/C25H37N10O/c1-30(2)18-8-6-10-33-22(18)20(26)24(28-33)32-12-14-35(5,15-13-32)16-17-36-25-21(27)23-19(31(3)4)9-7-11-34(23)29-25/h6-11H,12-17,26-27H2,1-5H3/q+1. The maximum atomic E-state index is 6.60. The molecule has 0 aromatic carbocycles. The van der Waals surface area contributed by atoms with Crippen molar-refractivity contribution < 1.29 is 9.22 Å². The van der Waals surface area contributed by atoms with Gasteiger partial charge in [-0.15, -0.1) is 10.2 Å². The van der Waals surface area contributed by atoms with E-state index in [2.05, 4.69) is 28.0 Å². The van der Waals surface area contributed by atoms with Crippen LogP contribution in [0.15, 0.2) is 36.7 Å². The van der Waals surface area contributed by atoms with E-state index in [9.17, 15) is 0 Å². The van der Waals surface area contributed by atoms with Crippen molar-refractivity contribution in [2.75, 3.05) is 101 Å². The molecule has 1 fully saturated rings. The first-order valence-electron chi connectivity index (χ1n) is 12.3. The van der Waals surface area contributed by atoms with Crippen molar-refractivity contribution in [3.63, 3.8) is 0 Å². The number of fused-ring (bicyclic) bond motifs is 2. The molecule has 0 aliphatic carbocycles. The normalized spacial score (nSPS) is 15.5. The van der Waals surface area contributed by atoms with Crippen molar-refractivity contribution in [3.8, 4) is 5.88 Å². The van der Waals surface area contributed by atoms with Crippen LogP contribution in [0.3, 0.4) is 0 Å². The van der Waals surface area contributed by atoms with Crippen LogP contribution in [0.4, 0.5) is 28.6 Å². The summed E-state index contributed by atoms with van der Waals surface area (Å²) in [5, 5.41) is 9.37. The Morgan fingerprint density at radius 1 is 0.889 bits per heavy atom. The van der Waals surface area contributed by atoms with Gasteiger partial charge in [-0.2, -0.15) is 0 Å². The second-order valence-electron chi connectivity index (χ2n) is 10.2. The van der Waals surface area contributed by atoms with Crippen molar-refractivity contribution >= 4 is 39.6 Å². The zero-order chi connectivity index (χ0) is 25.6. The highest BCUT2D eigenvalue weighted by atomic mass is 16.5. The van der Waals surface area contributed by atoms with E-state index in [-0.39, 0.29) is 0 Å². The predicted molar refractivity (Wildman–Crippen MR) is 146 cm³/mol. The number of hydrogen-bond donors (Lipinski definition) is 2. The molecule has 0 radical (unpaired) electrons. The fourth-order valence-corrected chi connectivity index (χ4v) is 4.99. The zero-order valence-corrected chi connectivity index (χ0v) is 21.8. The molecule has 192 valence electrons. The number of piperazine rings is 1. The third-order valence-corrected chi connectivity index (χ3v) is 7.24. The van der Waals surface area contributed by atoms with E-state index in [1.807, 2.05) is 68.2 Å². The Morgan fingerprint density at radius 2 is 1.44 bits per heavy atom. The van der Waals surface area contributed by atoms with Gasteiger partial charge in [-0.25, -0.2) is 9.03 Å². The molecule has 0 amide bonds. The lowest BCUT2D eigenvalue weighted by Gasteiger charge is -2.42. The van der Waals surface area contributed by atoms with Crippen LogP contribution >= 0.6 is 0 Å². The molecule has 0 atom stereocenters. The lowest BCUT2D eigenvalue weighted by molar-refractivity contribution is -0.910.